The Hall–Kier alpha value is -1.67. The van der Waals surface area contributed by atoms with Gasteiger partial charge in [0.25, 0.3) is 0 Å². The molecule has 5 heteroatoms. The normalized spacial score (nSPS) is 11.7. The molecule has 0 radical (unpaired) electrons. The fourth-order valence-electron chi connectivity index (χ4n) is 1.08. The number of carboxylic acid groups (broad SMARTS) is 1. The molecule has 1 atom stereocenters. The lowest BCUT2D eigenvalue weighted by Gasteiger charge is -1.99. The number of carbonyl (C=O) groups is 1. The summed E-state index contributed by atoms with van der Waals surface area (Å²) in [5.41, 5.74) is 0.653. The van der Waals surface area contributed by atoms with Crippen molar-refractivity contribution in [1.29, 1.82) is 5.26 Å². The van der Waals surface area contributed by atoms with Crippen LogP contribution in [-0.2, 0) is 22.0 Å². The zero-order valence-corrected chi connectivity index (χ0v) is 8.66. The summed E-state index contributed by atoms with van der Waals surface area (Å²) in [6.45, 7) is 0. The van der Waals surface area contributed by atoms with Crippen LogP contribution in [0.25, 0.3) is 0 Å². The van der Waals surface area contributed by atoms with Crippen LogP contribution in [0.3, 0.4) is 0 Å². The van der Waals surface area contributed by atoms with E-state index in [2.05, 4.69) is 0 Å². The van der Waals surface area contributed by atoms with Crippen LogP contribution in [0.5, 0.6) is 0 Å². The minimum Gasteiger partial charge on any atom is -0.481 e. The smallest absolute Gasteiger partial charge is 0.307 e. The van der Waals surface area contributed by atoms with Gasteiger partial charge in [-0.1, -0.05) is 12.1 Å². The van der Waals surface area contributed by atoms with E-state index >= 15 is 0 Å². The van der Waals surface area contributed by atoms with Crippen LogP contribution >= 0.6 is 0 Å². The second-order valence-corrected chi connectivity index (χ2v) is 4.31. The van der Waals surface area contributed by atoms with Crippen molar-refractivity contribution < 1.29 is 14.1 Å². The minimum atomic E-state index is -1.31. The summed E-state index contributed by atoms with van der Waals surface area (Å²) in [5.74, 6) is -0.945. The largest absolute Gasteiger partial charge is 0.481 e. The lowest BCUT2D eigenvalue weighted by molar-refractivity contribution is -0.136. The number of carboxylic acids is 1. The van der Waals surface area contributed by atoms with Gasteiger partial charge < -0.3 is 5.11 Å². The van der Waals surface area contributed by atoms with E-state index < -0.39 is 16.8 Å². The zero-order valence-electron chi connectivity index (χ0n) is 7.84. The topological polar surface area (TPSA) is 78.2 Å². The average molecular weight is 223 g/mol. The fraction of sp³-hybridized carbons (Fsp3) is 0.200. The molecule has 0 saturated heterocycles. The van der Waals surface area contributed by atoms with Gasteiger partial charge in [0.05, 0.1) is 23.3 Å². The molecule has 1 rings (SSSR count). The van der Waals surface area contributed by atoms with Crippen molar-refractivity contribution in [3.05, 3.63) is 29.8 Å². The standard InChI is InChI=1S/C10H9NO3S/c11-5-6-15(14)9-3-1-8(2-4-9)7-10(12)13/h1-4H,6-7H2,(H,12,13)/t15-/m0/s1. The number of hydrogen-bond acceptors (Lipinski definition) is 3. The second-order valence-electron chi connectivity index (χ2n) is 2.86. The van der Waals surface area contributed by atoms with E-state index in [1.165, 1.54) is 0 Å². The number of hydrogen-bond donors (Lipinski definition) is 1. The summed E-state index contributed by atoms with van der Waals surface area (Å²) < 4.78 is 11.4. The highest BCUT2D eigenvalue weighted by Gasteiger charge is 2.04. The van der Waals surface area contributed by atoms with Crippen LogP contribution in [0.1, 0.15) is 5.56 Å². The quantitative estimate of drug-likeness (QED) is 0.824. The molecule has 0 fully saturated rings. The van der Waals surface area contributed by atoms with Crippen LogP contribution in [0.15, 0.2) is 29.2 Å². The van der Waals surface area contributed by atoms with Crippen LogP contribution < -0.4 is 0 Å². The van der Waals surface area contributed by atoms with Gasteiger partial charge in [-0.15, -0.1) is 0 Å². The first kappa shape index (κ1) is 11.4. The van der Waals surface area contributed by atoms with E-state index in [4.69, 9.17) is 10.4 Å². The molecule has 0 aliphatic carbocycles. The van der Waals surface area contributed by atoms with E-state index in [1.54, 1.807) is 24.3 Å². The maximum Gasteiger partial charge on any atom is 0.307 e. The van der Waals surface area contributed by atoms with Gasteiger partial charge in [-0.05, 0) is 17.7 Å². The van der Waals surface area contributed by atoms with Crippen molar-refractivity contribution in [3.63, 3.8) is 0 Å². The van der Waals surface area contributed by atoms with Gasteiger partial charge in [0.1, 0.15) is 5.75 Å². The van der Waals surface area contributed by atoms with Gasteiger partial charge in [0.15, 0.2) is 0 Å². The molecule has 0 amide bonds. The molecule has 0 spiro atoms. The predicted octanol–water partition coefficient (Wildman–Crippen LogP) is 0.945. The molecule has 0 saturated carbocycles. The Morgan fingerprint density at radius 3 is 2.47 bits per heavy atom. The van der Waals surface area contributed by atoms with Crippen molar-refractivity contribution in [2.24, 2.45) is 0 Å². The van der Waals surface area contributed by atoms with E-state index in [9.17, 15) is 9.00 Å². The molecule has 78 valence electrons. The van der Waals surface area contributed by atoms with E-state index in [0.717, 1.165) is 0 Å². The SMILES string of the molecule is N#CC[S@](=O)c1ccc(CC(=O)O)cc1. The Balaban J connectivity index is 2.77. The van der Waals surface area contributed by atoms with Crippen LogP contribution in [0.4, 0.5) is 0 Å². The van der Waals surface area contributed by atoms with Gasteiger partial charge in [-0.2, -0.15) is 5.26 Å². The third kappa shape index (κ3) is 3.52. The highest BCUT2D eigenvalue weighted by molar-refractivity contribution is 7.85. The van der Waals surface area contributed by atoms with Crippen molar-refractivity contribution in [2.45, 2.75) is 11.3 Å². The molecule has 0 unspecified atom stereocenters. The third-order valence-electron chi connectivity index (χ3n) is 1.74. The first-order valence-electron chi connectivity index (χ1n) is 4.19. The Kier molecular flexibility index (Phi) is 4.01. The molecule has 15 heavy (non-hydrogen) atoms. The Morgan fingerprint density at radius 2 is 2.00 bits per heavy atom. The third-order valence-corrected chi connectivity index (χ3v) is 2.93. The number of rotatable bonds is 4. The van der Waals surface area contributed by atoms with Gasteiger partial charge >= 0.3 is 5.97 Å². The molecule has 1 aromatic rings. The van der Waals surface area contributed by atoms with Crippen LogP contribution in [-0.4, -0.2) is 21.0 Å². The van der Waals surface area contributed by atoms with Crippen LogP contribution in [0, 0.1) is 11.3 Å². The first-order chi connectivity index (χ1) is 7.13. The summed E-state index contributed by atoms with van der Waals surface area (Å²) >= 11 is 0. The van der Waals surface area contributed by atoms with Crippen molar-refractivity contribution in [2.75, 3.05) is 5.75 Å². The molecule has 0 aliphatic heterocycles. The summed E-state index contributed by atoms with van der Waals surface area (Å²) in [4.78, 5) is 10.9. The average Bonchev–Trinajstić information content (AvgIpc) is 2.18. The first-order valence-corrected chi connectivity index (χ1v) is 5.51. The van der Waals surface area contributed by atoms with E-state index in [-0.39, 0.29) is 12.2 Å². The molecule has 1 N–H and O–H groups in total. The monoisotopic (exact) mass is 223 g/mol. The van der Waals surface area contributed by atoms with Gasteiger partial charge in [-0.25, -0.2) is 0 Å². The number of nitriles is 1. The van der Waals surface area contributed by atoms with Crippen molar-refractivity contribution in [1.82, 2.24) is 0 Å². The maximum atomic E-state index is 11.4. The molecule has 1 aromatic carbocycles. The molecule has 0 heterocycles. The number of nitrogens with zero attached hydrogens (tertiary/aromatic N) is 1. The predicted molar refractivity (Wildman–Crippen MR) is 54.7 cm³/mol. The second kappa shape index (κ2) is 5.27. The molecule has 0 bridgehead atoms. The fourth-order valence-corrected chi connectivity index (χ4v) is 1.80. The zero-order chi connectivity index (χ0) is 11.3. The maximum absolute atomic E-state index is 11.4. The molecular formula is C10H9NO3S. The lowest BCUT2D eigenvalue weighted by atomic mass is 10.2. The van der Waals surface area contributed by atoms with E-state index in [1.807, 2.05) is 6.07 Å². The Labute approximate surface area is 89.6 Å². The van der Waals surface area contributed by atoms with Gasteiger partial charge in [0, 0.05) is 4.90 Å². The van der Waals surface area contributed by atoms with E-state index in [0.29, 0.717) is 10.5 Å². The Morgan fingerprint density at radius 1 is 1.40 bits per heavy atom. The summed E-state index contributed by atoms with van der Waals surface area (Å²) in [7, 11) is -1.31. The summed E-state index contributed by atoms with van der Waals surface area (Å²) in [6, 6.07) is 8.22. The molecule has 4 nitrogen and oxygen atoms in total. The molecule has 0 aromatic heterocycles. The minimum absolute atomic E-state index is 0.0434. The van der Waals surface area contributed by atoms with Crippen molar-refractivity contribution >= 4 is 16.8 Å². The van der Waals surface area contributed by atoms with Gasteiger partial charge in [-0.3, -0.25) is 9.00 Å². The number of aliphatic carboxylic acids is 1. The highest BCUT2D eigenvalue weighted by atomic mass is 32.2. The number of benzene rings is 1. The van der Waals surface area contributed by atoms with Crippen molar-refractivity contribution in [3.8, 4) is 6.07 Å². The van der Waals surface area contributed by atoms with Gasteiger partial charge in [0.2, 0.25) is 0 Å². The highest BCUT2D eigenvalue weighted by Crippen LogP contribution is 2.09. The molecular weight excluding hydrogens is 214 g/mol. The lowest BCUT2D eigenvalue weighted by Crippen LogP contribution is -2.00. The molecule has 0 aliphatic rings. The Bertz CT molecular complexity index is 419. The summed E-state index contributed by atoms with van der Waals surface area (Å²) in [5, 5.41) is 16.9. The van der Waals surface area contributed by atoms with Crippen LogP contribution in [0.2, 0.25) is 0 Å². The summed E-state index contributed by atoms with van der Waals surface area (Å²) in [6.07, 6.45) is -0.0504.